The van der Waals surface area contributed by atoms with Gasteiger partial charge in [-0.2, -0.15) is 0 Å². The van der Waals surface area contributed by atoms with Crippen LogP contribution in [0.5, 0.6) is 5.75 Å². The van der Waals surface area contributed by atoms with Crippen LogP contribution >= 0.6 is 15.9 Å². The van der Waals surface area contributed by atoms with E-state index in [-0.39, 0.29) is 0 Å². The lowest BCUT2D eigenvalue weighted by atomic mass is 9.93. The molecule has 0 aliphatic rings. The molecule has 1 unspecified atom stereocenters. The fourth-order valence-corrected chi connectivity index (χ4v) is 4.40. The first-order valence-corrected chi connectivity index (χ1v) is 11.1. The van der Waals surface area contributed by atoms with Gasteiger partial charge >= 0.3 is 0 Å². The van der Waals surface area contributed by atoms with Crippen molar-refractivity contribution in [1.29, 1.82) is 0 Å². The lowest BCUT2D eigenvalue weighted by molar-refractivity contribution is 0.109. The van der Waals surface area contributed by atoms with E-state index in [1.165, 1.54) is 27.1 Å². The van der Waals surface area contributed by atoms with Gasteiger partial charge in [-0.05, 0) is 95.3 Å². The number of halogens is 1. The number of ether oxygens (including phenoxy) is 1. The fraction of sp³-hybridized carbons (Fsp3) is 0.259. The smallest absolute Gasteiger partial charge is 0.128 e. The van der Waals surface area contributed by atoms with Crippen molar-refractivity contribution in [2.75, 3.05) is 0 Å². The maximum Gasteiger partial charge on any atom is 0.128 e. The summed E-state index contributed by atoms with van der Waals surface area (Å²) in [6, 6.07) is 26.0. The Bertz CT molecular complexity index is 1160. The SMILES string of the molecule is CCC(C)c1ccc(OC(C)(C)c2cc(Br)c3cc4ccccc4cc3c2)cc1. The van der Waals surface area contributed by atoms with E-state index < -0.39 is 5.60 Å². The average molecular weight is 447 g/mol. The molecular weight excluding hydrogens is 420 g/mol. The van der Waals surface area contributed by atoms with Gasteiger partial charge in [0.05, 0.1) is 0 Å². The Kier molecular flexibility index (Phi) is 5.40. The maximum absolute atomic E-state index is 6.43. The highest BCUT2D eigenvalue weighted by Gasteiger charge is 2.24. The van der Waals surface area contributed by atoms with Gasteiger partial charge < -0.3 is 4.74 Å². The predicted octanol–water partition coefficient (Wildman–Crippen LogP) is 8.58. The summed E-state index contributed by atoms with van der Waals surface area (Å²) in [7, 11) is 0. The first-order valence-electron chi connectivity index (χ1n) is 10.3. The largest absolute Gasteiger partial charge is 0.483 e. The molecule has 0 aliphatic carbocycles. The molecule has 0 N–H and O–H groups in total. The second kappa shape index (κ2) is 7.84. The van der Waals surface area contributed by atoms with Gasteiger partial charge in [-0.15, -0.1) is 0 Å². The third-order valence-corrected chi connectivity index (χ3v) is 6.55. The van der Waals surface area contributed by atoms with Crippen molar-refractivity contribution >= 4 is 37.5 Å². The lowest BCUT2D eigenvalue weighted by Crippen LogP contribution is -2.25. The van der Waals surface area contributed by atoms with E-state index in [0.29, 0.717) is 5.92 Å². The summed E-state index contributed by atoms with van der Waals surface area (Å²) in [6.45, 7) is 8.74. The second-order valence-electron chi connectivity index (χ2n) is 8.37. The van der Waals surface area contributed by atoms with Crippen LogP contribution in [0.2, 0.25) is 0 Å². The van der Waals surface area contributed by atoms with E-state index in [9.17, 15) is 0 Å². The summed E-state index contributed by atoms with van der Waals surface area (Å²) in [4.78, 5) is 0. The molecule has 4 aromatic carbocycles. The monoisotopic (exact) mass is 446 g/mol. The Labute approximate surface area is 181 Å². The molecule has 0 fully saturated rings. The van der Waals surface area contributed by atoms with Crippen LogP contribution in [0.4, 0.5) is 0 Å². The van der Waals surface area contributed by atoms with Crippen LogP contribution < -0.4 is 4.74 Å². The van der Waals surface area contributed by atoms with E-state index in [0.717, 1.165) is 22.2 Å². The Morgan fingerprint density at radius 3 is 2.17 bits per heavy atom. The topological polar surface area (TPSA) is 9.23 Å². The van der Waals surface area contributed by atoms with Gasteiger partial charge in [-0.3, -0.25) is 0 Å². The van der Waals surface area contributed by atoms with Gasteiger partial charge in [0.1, 0.15) is 11.4 Å². The molecule has 29 heavy (non-hydrogen) atoms. The quantitative estimate of drug-likeness (QED) is 0.278. The minimum atomic E-state index is -0.444. The van der Waals surface area contributed by atoms with Crippen LogP contribution in [0.25, 0.3) is 21.5 Å². The third kappa shape index (κ3) is 4.04. The van der Waals surface area contributed by atoms with Crippen molar-refractivity contribution in [3.63, 3.8) is 0 Å². The Hall–Kier alpha value is -2.32. The number of hydrogen-bond acceptors (Lipinski definition) is 1. The summed E-state index contributed by atoms with van der Waals surface area (Å²) >= 11 is 3.79. The number of benzene rings is 4. The molecule has 0 aromatic heterocycles. The summed E-state index contributed by atoms with van der Waals surface area (Å²) < 4.78 is 7.52. The van der Waals surface area contributed by atoms with Crippen molar-refractivity contribution in [3.05, 3.63) is 88.4 Å². The highest BCUT2D eigenvalue weighted by atomic mass is 79.9. The van der Waals surface area contributed by atoms with Gasteiger partial charge in [0, 0.05) is 4.47 Å². The molecule has 0 radical (unpaired) electrons. The van der Waals surface area contributed by atoms with Gasteiger partial charge in [0.15, 0.2) is 0 Å². The molecule has 0 aliphatic heterocycles. The molecule has 0 spiro atoms. The maximum atomic E-state index is 6.43. The van der Waals surface area contributed by atoms with Crippen LogP contribution in [0.3, 0.4) is 0 Å². The molecule has 4 aromatic rings. The van der Waals surface area contributed by atoms with Gasteiger partial charge in [-0.25, -0.2) is 0 Å². The van der Waals surface area contributed by atoms with Crippen molar-refractivity contribution in [2.24, 2.45) is 0 Å². The molecular formula is C27H27BrO. The Morgan fingerprint density at radius 1 is 0.862 bits per heavy atom. The average Bonchev–Trinajstić information content (AvgIpc) is 2.72. The standard InChI is InChI=1S/C27H27BrO/c1-5-18(2)19-10-12-24(13-11-19)29-27(3,4)23-15-22-14-20-8-6-7-9-21(20)16-25(22)26(28)17-23/h6-18H,5H2,1-4H3. The third-order valence-electron chi connectivity index (χ3n) is 5.90. The van der Waals surface area contributed by atoms with Gasteiger partial charge in [-0.1, -0.05) is 66.2 Å². The van der Waals surface area contributed by atoms with E-state index in [1.807, 2.05) is 0 Å². The molecule has 2 heteroatoms. The van der Waals surface area contributed by atoms with E-state index in [2.05, 4.69) is 116 Å². The van der Waals surface area contributed by atoms with Crippen molar-refractivity contribution in [1.82, 2.24) is 0 Å². The lowest BCUT2D eigenvalue weighted by Gasteiger charge is -2.28. The second-order valence-corrected chi connectivity index (χ2v) is 9.22. The summed E-state index contributed by atoms with van der Waals surface area (Å²) in [5.41, 5.74) is 2.07. The molecule has 0 saturated heterocycles. The molecule has 0 amide bonds. The molecule has 0 heterocycles. The van der Waals surface area contributed by atoms with Crippen LogP contribution in [0.1, 0.15) is 51.2 Å². The number of fused-ring (bicyclic) bond motifs is 2. The zero-order valence-corrected chi connectivity index (χ0v) is 19.1. The molecule has 1 atom stereocenters. The zero-order valence-electron chi connectivity index (χ0n) is 17.5. The highest BCUT2D eigenvalue weighted by Crippen LogP contribution is 2.36. The van der Waals surface area contributed by atoms with Crippen LogP contribution in [0, 0.1) is 0 Å². The molecule has 1 nitrogen and oxygen atoms in total. The van der Waals surface area contributed by atoms with E-state index in [4.69, 9.17) is 4.74 Å². The summed E-state index contributed by atoms with van der Waals surface area (Å²) in [5, 5.41) is 4.95. The fourth-order valence-electron chi connectivity index (χ4n) is 3.81. The van der Waals surface area contributed by atoms with Crippen molar-refractivity contribution < 1.29 is 4.74 Å². The number of rotatable bonds is 5. The van der Waals surface area contributed by atoms with Gasteiger partial charge in [0.25, 0.3) is 0 Å². The van der Waals surface area contributed by atoms with E-state index in [1.54, 1.807) is 0 Å². The molecule has 4 rings (SSSR count). The predicted molar refractivity (Wildman–Crippen MR) is 128 cm³/mol. The van der Waals surface area contributed by atoms with Crippen molar-refractivity contribution in [3.8, 4) is 5.75 Å². The minimum Gasteiger partial charge on any atom is -0.483 e. The minimum absolute atomic E-state index is 0.444. The first-order chi connectivity index (χ1) is 13.9. The van der Waals surface area contributed by atoms with Gasteiger partial charge in [0.2, 0.25) is 0 Å². The molecule has 148 valence electrons. The summed E-state index contributed by atoms with van der Waals surface area (Å²) in [5.74, 6) is 1.47. The number of hydrogen-bond donors (Lipinski definition) is 0. The highest BCUT2D eigenvalue weighted by molar-refractivity contribution is 9.10. The van der Waals surface area contributed by atoms with Crippen molar-refractivity contribution in [2.45, 2.75) is 45.6 Å². The molecule has 0 saturated carbocycles. The Balaban J connectivity index is 1.69. The summed E-state index contributed by atoms with van der Waals surface area (Å²) in [6.07, 6.45) is 1.14. The Morgan fingerprint density at radius 2 is 1.52 bits per heavy atom. The zero-order chi connectivity index (χ0) is 20.6. The normalized spacial score (nSPS) is 13.0. The van der Waals surface area contributed by atoms with Crippen LogP contribution in [-0.4, -0.2) is 0 Å². The first kappa shape index (κ1) is 20.0. The van der Waals surface area contributed by atoms with Crippen LogP contribution in [0.15, 0.2) is 77.3 Å². The molecule has 0 bridgehead atoms. The van der Waals surface area contributed by atoms with Crippen LogP contribution in [-0.2, 0) is 5.60 Å². The van der Waals surface area contributed by atoms with E-state index >= 15 is 0 Å².